The molecule has 4 heteroatoms. The van der Waals surface area contributed by atoms with Gasteiger partial charge < -0.3 is 19.3 Å². The van der Waals surface area contributed by atoms with Crippen LogP contribution in [0.4, 0.5) is 0 Å². The molecule has 0 saturated carbocycles. The normalized spacial score (nSPS) is 17.5. The molecule has 2 rings (SSSR count). The highest BCUT2D eigenvalue weighted by Crippen LogP contribution is 2.33. The van der Waals surface area contributed by atoms with E-state index in [9.17, 15) is 5.11 Å². The van der Waals surface area contributed by atoms with Crippen molar-refractivity contribution in [1.29, 1.82) is 0 Å². The van der Waals surface area contributed by atoms with Crippen LogP contribution in [0, 0.1) is 0 Å². The molecule has 0 aliphatic carbocycles. The number of hydrogen-bond donors (Lipinski definition) is 1. The van der Waals surface area contributed by atoms with Crippen molar-refractivity contribution in [2.75, 3.05) is 20.3 Å². The molecule has 1 atom stereocenters. The van der Waals surface area contributed by atoms with Gasteiger partial charge in [-0.15, -0.1) is 0 Å². The molecule has 1 N–H and O–H groups in total. The summed E-state index contributed by atoms with van der Waals surface area (Å²) in [5, 5.41) is 10.2. The van der Waals surface area contributed by atoms with Crippen LogP contribution in [0.25, 0.3) is 0 Å². The minimum Gasteiger partial charge on any atom is -0.493 e. The summed E-state index contributed by atoms with van der Waals surface area (Å²) in [6.45, 7) is 3.61. The zero-order valence-electron chi connectivity index (χ0n) is 13.0. The van der Waals surface area contributed by atoms with E-state index in [1.165, 1.54) is 0 Å². The number of unbranched alkanes of at least 4 members (excludes halogenated alkanes) is 1. The summed E-state index contributed by atoms with van der Waals surface area (Å²) in [4.78, 5) is 0. The number of aliphatic hydroxyl groups excluding tert-OH is 1. The van der Waals surface area contributed by atoms with Crippen LogP contribution in [0.5, 0.6) is 11.5 Å². The van der Waals surface area contributed by atoms with E-state index < -0.39 is 6.10 Å². The van der Waals surface area contributed by atoms with Crippen LogP contribution in [-0.2, 0) is 4.74 Å². The van der Waals surface area contributed by atoms with Gasteiger partial charge in [-0.25, -0.2) is 0 Å². The summed E-state index contributed by atoms with van der Waals surface area (Å²) >= 11 is 0. The molecule has 1 unspecified atom stereocenters. The van der Waals surface area contributed by atoms with Crippen molar-refractivity contribution in [2.24, 2.45) is 0 Å². The standard InChI is InChI=1S/C17H26O4/c1-3-4-5-15(18)13-6-7-16(19-2)17(12-13)21-14-8-10-20-11-9-14/h6-7,12,14-15,18H,3-5,8-11H2,1-2H3. The van der Waals surface area contributed by atoms with Gasteiger partial charge in [0.25, 0.3) is 0 Å². The van der Waals surface area contributed by atoms with Gasteiger partial charge in [-0.1, -0.05) is 25.8 Å². The van der Waals surface area contributed by atoms with E-state index in [4.69, 9.17) is 14.2 Å². The van der Waals surface area contributed by atoms with E-state index in [2.05, 4.69) is 6.92 Å². The van der Waals surface area contributed by atoms with Gasteiger partial charge in [0.15, 0.2) is 11.5 Å². The van der Waals surface area contributed by atoms with E-state index in [1.54, 1.807) is 7.11 Å². The third-order valence-corrected chi connectivity index (χ3v) is 3.87. The highest BCUT2D eigenvalue weighted by molar-refractivity contribution is 5.43. The van der Waals surface area contributed by atoms with Crippen LogP contribution < -0.4 is 9.47 Å². The molecule has 0 spiro atoms. The second-order valence-electron chi connectivity index (χ2n) is 5.50. The van der Waals surface area contributed by atoms with Crippen LogP contribution in [0.1, 0.15) is 50.7 Å². The maximum atomic E-state index is 10.2. The SMILES string of the molecule is CCCCC(O)c1ccc(OC)c(OC2CCOCC2)c1. The lowest BCUT2D eigenvalue weighted by atomic mass is 10.0. The Hall–Kier alpha value is -1.26. The number of rotatable bonds is 7. The third kappa shape index (κ3) is 4.61. The van der Waals surface area contributed by atoms with Crippen LogP contribution in [-0.4, -0.2) is 31.5 Å². The number of ether oxygens (including phenoxy) is 3. The first-order valence-corrected chi connectivity index (χ1v) is 7.85. The quantitative estimate of drug-likeness (QED) is 0.836. The van der Waals surface area contributed by atoms with Crippen LogP contribution in [0.15, 0.2) is 18.2 Å². The second-order valence-corrected chi connectivity index (χ2v) is 5.50. The summed E-state index contributed by atoms with van der Waals surface area (Å²) in [6, 6.07) is 5.70. The van der Waals surface area contributed by atoms with Gasteiger partial charge in [0.2, 0.25) is 0 Å². The molecule has 0 radical (unpaired) electrons. The lowest BCUT2D eigenvalue weighted by Crippen LogP contribution is -2.26. The molecule has 1 heterocycles. The molecule has 1 saturated heterocycles. The average Bonchev–Trinajstić information content (AvgIpc) is 2.53. The fourth-order valence-electron chi connectivity index (χ4n) is 2.53. The zero-order chi connectivity index (χ0) is 15.1. The molecule has 0 bridgehead atoms. The van der Waals surface area contributed by atoms with Crippen molar-refractivity contribution in [1.82, 2.24) is 0 Å². The van der Waals surface area contributed by atoms with Gasteiger partial charge in [-0.05, 0) is 24.1 Å². The second kappa shape index (κ2) is 8.25. The summed E-state index contributed by atoms with van der Waals surface area (Å²) < 4.78 is 16.8. The van der Waals surface area contributed by atoms with Gasteiger partial charge in [0, 0.05) is 12.8 Å². The first kappa shape index (κ1) is 16.1. The maximum Gasteiger partial charge on any atom is 0.161 e. The minimum atomic E-state index is -0.437. The Kier molecular flexibility index (Phi) is 6.33. The Morgan fingerprint density at radius 1 is 1.29 bits per heavy atom. The summed E-state index contributed by atoms with van der Waals surface area (Å²) in [7, 11) is 1.64. The molecule has 1 aliphatic heterocycles. The van der Waals surface area contributed by atoms with Crippen molar-refractivity contribution in [2.45, 2.75) is 51.2 Å². The van der Waals surface area contributed by atoms with E-state index in [0.717, 1.165) is 56.6 Å². The lowest BCUT2D eigenvalue weighted by Gasteiger charge is -2.25. The Bertz CT molecular complexity index is 427. The van der Waals surface area contributed by atoms with Crippen LogP contribution in [0.3, 0.4) is 0 Å². The molecule has 21 heavy (non-hydrogen) atoms. The number of aliphatic hydroxyl groups is 1. The van der Waals surface area contributed by atoms with Gasteiger partial charge in [-0.3, -0.25) is 0 Å². The van der Waals surface area contributed by atoms with Crippen molar-refractivity contribution in [3.8, 4) is 11.5 Å². The predicted molar refractivity (Wildman–Crippen MR) is 81.9 cm³/mol. The fourth-order valence-corrected chi connectivity index (χ4v) is 2.53. The molecule has 0 aromatic heterocycles. The number of methoxy groups -OCH3 is 1. The summed E-state index contributed by atoms with van der Waals surface area (Å²) in [5.41, 5.74) is 0.895. The molecule has 1 aliphatic rings. The molecule has 1 fully saturated rings. The minimum absolute atomic E-state index is 0.163. The molecule has 4 nitrogen and oxygen atoms in total. The van der Waals surface area contributed by atoms with Gasteiger partial charge >= 0.3 is 0 Å². The van der Waals surface area contributed by atoms with Gasteiger partial charge in [0.05, 0.1) is 26.4 Å². The molecule has 118 valence electrons. The fraction of sp³-hybridized carbons (Fsp3) is 0.647. The summed E-state index contributed by atoms with van der Waals surface area (Å²) in [6.07, 6.45) is 4.39. The van der Waals surface area contributed by atoms with E-state index in [-0.39, 0.29) is 6.10 Å². The Morgan fingerprint density at radius 2 is 2.05 bits per heavy atom. The summed E-state index contributed by atoms with van der Waals surface area (Å²) in [5.74, 6) is 1.44. The highest BCUT2D eigenvalue weighted by Gasteiger charge is 2.18. The molecular formula is C17H26O4. The maximum absolute atomic E-state index is 10.2. The molecule has 1 aromatic carbocycles. The van der Waals surface area contributed by atoms with Crippen molar-refractivity contribution in [3.63, 3.8) is 0 Å². The largest absolute Gasteiger partial charge is 0.493 e. The molecule has 0 amide bonds. The lowest BCUT2D eigenvalue weighted by molar-refractivity contribution is 0.0244. The Balaban J connectivity index is 2.09. The van der Waals surface area contributed by atoms with Gasteiger partial charge in [0.1, 0.15) is 6.10 Å². The number of benzene rings is 1. The first-order valence-electron chi connectivity index (χ1n) is 7.85. The van der Waals surface area contributed by atoms with Crippen molar-refractivity contribution in [3.05, 3.63) is 23.8 Å². The van der Waals surface area contributed by atoms with Crippen molar-refractivity contribution >= 4 is 0 Å². The Labute approximate surface area is 127 Å². The van der Waals surface area contributed by atoms with E-state index in [1.807, 2.05) is 18.2 Å². The molecule has 1 aromatic rings. The number of hydrogen-bond acceptors (Lipinski definition) is 4. The average molecular weight is 294 g/mol. The highest BCUT2D eigenvalue weighted by atomic mass is 16.5. The monoisotopic (exact) mass is 294 g/mol. The molecular weight excluding hydrogens is 268 g/mol. The first-order chi connectivity index (χ1) is 10.2. The van der Waals surface area contributed by atoms with Crippen LogP contribution >= 0.6 is 0 Å². The van der Waals surface area contributed by atoms with Crippen molar-refractivity contribution < 1.29 is 19.3 Å². The topological polar surface area (TPSA) is 47.9 Å². The Morgan fingerprint density at radius 3 is 2.71 bits per heavy atom. The predicted octanol–water partition coefficient (Wildman–Crippen LogP) is 3.48. The van der Waals surface area contributed by atoms with E-state index in [0.29, 0.717) is 5.75 Å². The smallest absolute Gasteiger partial charge is 0.161 e. The van der Waals surface area contributed by atoms with Crippen LogP contribution in [0.2, 0.25) is 0 Å². The van der Waals surface area contributed by atoms with Gasteiger partial charge in [-0.2, -0.15) is 0 Å². The van der Waals surface area contributed by atoms with E-state index >= 15 is 0 Å². The zero-order valence-corrected chi connectivity index (χ0v) is 13.0. The third-order valence-electron chi connectivity index (χ3n) is 3.87.